The highest BCUT2D eigenvalue weighted by atomic mass is 16.5. The van der Waals surface area contributed by atoms with Crippen LogP contribution in [0.4, 0.5) is 0 Å². The summed E-state index contributed by atoms with van der Waals surface area (Å²) in [5, 5.41) is 0. The van der Waals surface area contributed by atoms with Gasteiger partial charge in [-0.25, -0.2) is 15.0 Å². The molecule has 3 rings (SSSR count). The molecule has 0 atom stereocenters. The average Bonchev–Trinajstić information content (AvgIpc) is 2.96. The number of H-pyrrole nitrogens is 1. The number of methoxy groups -OCH3 is 1. The molecule has 0 aliphatic carbocycles. The van der Waals surface area contributed by atoms with Gasteiger partial charge in [-0.1, -0.05) is 12.0 Å². The second kappa shape index (κ2) is 5.51. The van der Waals surface area contributed by atoms with Gasteiger partial charge in [0, 0.05) is 0 Å². The molecule has 6 heteroatoms. The molecule has 6 nitrogen and oxygen atoms in total. The Balaban J connectivity index is 2.10. The van der Waals surface area contributed by atoms with Crippen LogP contribution < -0.4 is 9.47 Å². The third-order valence-electron chi connectivity index (χ3n) is 2.91. The molecule has 104 valence electrons. The van der Waals surface area contributed by atoms with Crippen molar-refractivity contribution >= 4 is 11.2 Å². The van der Waals surface area contributed by atoms with Crippen molar-refractivity contribution in [1.82, 2.24) is 19.9 Å². The number of benzene rings is 1. The van der Waals surface area contributed by atoms with E-state index in [1.807, 2.05) is 12.1 Å². The number of aromatic amines is 1. The molecule has 21 heavy (non-hydrogen) atoms. The lowest BCUT2D eigenvalue weighted by Gasteiger charge is -2.11. The molecule has 3 aromatic rings. The molecular weight excluding hydrogens is 268 g/mol. The molecule has 0 saturated heterocycles. The van der Waals surface area contributed by atoms with E-state index in [4.69, 9.17) is 15.9 Å². The van der Waals surface area contributed by atoms with Gasteiger partial charge in [-0.15, -0.1) is 6.42 Å². The first-order chi connectivity index (χ1) is 10.3. The predicted octanol–water partition coefficient (Wildman–Crippen LogP) is 2.04. The number of nitrogens with one attached hydrogen (secondary N) is 1. The van der Waals surface area contributed by atoms with Gasteiger partial charge in [-0.2, -0.15) is 0 Å². The Labute approximate surface area is 121 Å². The van der Waals surface area contributed by atoms with Crippen LogP contribution >= 0.6 is 0 Å². The van der Waals surface area contributed by atoms with Crippen LogP contribution in [0.1, 0.15) is 0 Å². The van der Waals surface area contributed by atoms with E-state index in [2.05, 4.69) is 25.9 Å². The molecule has 0 aliphatic heterocycles. The predicted molar refractivity (Wildman–Crippen MR) is 78.0 cm³/mol. The first kappa shape index (κ1) is 12.9. The van der Waals surface area contributed by atoms with Gasteiger partial charge >= 0.3 is 0 Å². The summed E-state index contributed by atoms with van der Waals surface area (Å²) in [5.74, 6) is 4.20. The van der Waals surface area contributed by atoms with E-state index in [9.17, 15) is 0 Å². The molecule has 0 radical (unpaired) electrons. The van der Waals surface area contributed by atoms with E-state index in [0.29, 0.717) is 23.0 Å². The van der Waals surface area contributed by atoms with Crippen LogP contribution in [0.2, 0.25) is 0 Å². The van der Waals surface area contributed by atoms with Crippen molar-refractivity contribution in [2.45, 2.75) is 0 Å². The van der Waals surface area contributed by atoms with E-state index in [1.54, 1.807) is 19.4 Å². The van der Waals surface area contributed by atoms with Crippen molar-refractivity contribution in [3.63, 3.8) is 0 Å². The summed E-state index contributed by atoms with van der Waals surface area (Å²) in [4.78, 5) is 15.7. The van der Waals surface area contributed by atoms with Crippen molar-refractivity contribution in [2.75, 3.05) is 13.7 Å². The first-order valence-corrected chi connectivity index (χ1v) is 6.23. The Morgan fingerprint density at radius 3 is 3.05 bits per heavy atom. The summed E-state index contributed by atoms with van der Waals surface area (Å²) in [6.07, 6.45) is 8.34. The lowest BCUT2D eigenvalue weighted by atomic mass is 10.1. The number of terminal acetylenes is 1. The van der Waals surface area contributed by atoms with Crippen molar-refractivity contribution < 1.29 is 9.47 Å². The Morgan fingerprint density at radius 2 is 2.29 bits per heavy atom. The number of aromatic nitrogens is 4. The van der Waals surface area contributed by atoms with Crippen LogP contribution in [0.3, 0.4) is 0 Å². The fourth-order valence-corrected chi connectivity index (χ4v) is 2.04. The highest BCUT2D eigenvalue weighted by Crippen LogP contribution is 2.37. The van der Waals surface area contributed by atoms with Crippen LogP contribution in [-0.4, -0.2) is 33.7 Å². The van der Waals surface area contributed by atoms with Gasteiger partial charge < -0.3 is 14.5 Å². The quantitative estimate of drug-likeness (QED) is 0.740. The van der Waals surface area contributed by atoms with Gasteiger partial charge in [-0.05, 0) is 12.1 Å². The van der Waals surface area contributed by atoms with Gasteiger partial charge in [0.25, 0.3) is 0 Å². The lowest BCUT2D eigenvalue weighted by Crippen LogP contribution is -1.98. The minimum Gasteiger partial charge on any atom is -0.492 e. The molecule has 2 heterocycles. The Bertz CT molecular complexity index is 787. The minimum absolute atomic E-state index is 0.172. The molecule has 1 N–H and O–H groups in total. The second-order valence-electron chi connectivity index (χ2n) is 4.18. The second-order valence-corrected chi connectivity index (χ2v) is 4.18. The minimum atomic E-state index is 0.172. The van der Waals surface area contributed by atoms with Crippen molar-refractivity contribution in [2.24, 2.45) is 0 Å². The maximum Gasteiger partial charge on any atom is 0.181 e. The van der Waals surface area contributed by atoms with Gasteiger partial charge in [0.1, 0.15) is 24.3 Å². The fraction of sp³-hybridized carbons (Fsp3) is 0.133. The largest absolute Gasteiger partial charge is 0.492 e. The van der Waals surface area contributed by atoms with Crippen LogP contribution in [-0.2, 0) is 0 Å². The van der Waals surface area contributed by atoms with E-state index >= 15 is 0 Å². The van der Waals surface area contributed by atoms with Crippen molar-refractivity contribution in [1.29, 1.82) is 0 Å². The first-order valence-electron chi connectivity index (χ1n) is 6.23. The molecular formula is C15H12N4O2. The topological polar surface area (TPSA) is 72.9 Å². The molecule has 0 fully saturated rings. The fourth-order valence-electron chi connectivity index (χ4n) is 2.04. The Hall–Kier alpha value is -3.07. The zero-order chi connectivity index (χ0) is 14.7. The monoisotopic (exact) mass is 280 g/mol. The van der Waals surface area contributed by atoms with Gasteiger partial charge in [0.15, 0.2) is 17.1 Å². The highest BCUT2D eigenvalue weighted by Gasteiger charge is 2.15. The number of fused-ring (bicyclic) bond motifs is 1. The number of ether oxygens (including phenoxy) is 2. The maximum absolute atomic E-state index is 5.48. The third-order valence-corrected chi connectivity index (χ3v) is 2.91. The van der Waals surface area contributed by atoms with Crippen LogP contribution in [0.25, 0.3) is 22.6 Å². The number of hydrogen-bond acceptors (Lipinski definition) is 5. The van der Waals surface area contributed by atoms with E-state index in [1.165, 1.54) is 6.33 Å². The molecule has 0 saturated carbocycles. The van der Waals surface area contributed by atoms with E-state index in [0.717, 1.165) is 11.1 Å². The SMILES string of the molecule is C#CCOc1cccc(-c2nc3ncncc3[nH]2)c1OC. The lowest BCUT2D eigenvalue weighted by molar-refractivity contribution is 0.332. The molecule has 1 aromatic carbocycles. The summed E-state index contributed by atoms with van der Waals surface area (Å²) in [5.41, 5.74) is 2.12. The molecule has 0 amide bonds. The zero-order valence-corrected chi connectivity index (χ0v) is 11.3. The number of rotatable bonds is 4. The van der Waals surface area contributed by atoms with E-state index < -0.39 is 0 Å². The highest BCUT2D eigenvalue weighted by molar-refractivity contribution is 5.78. The average molecular weight is 280 g/mol. The summed E-state index contributed by atoms with van der Waals surface area (Å²) in [6.45, 7) is 0.172. The summed E-state index contributed by atoms with van der Waals surface area (Å²) in [6, 6.07) is 5.53. The number of hydrogen-bond donors (Lipinski definition) is 1. The maximum atomic E-state index is 5.48. The Kier molecular flexibility index (Phi) is 3.39. The number of para-hydroxylation sites is 1. The van der Waals surface area contributed by atoms with Crippen LogP contribution in [0.15, 0.2) is 30.7 Å². The van der Waals surface area contributed by atoms with E-state index in [-0.39, 0.29) is 6.61 Å². The third kappa shape index (κ3) is 2.37. The summed E-state index contributed by atoms with van der Waals surface area (Å²) in [7, 11) is 1.57. The van der Waals surface area contributed by atoms with Gasteiger partial charge in [-0.3, -0.25) is 0 Å². The zero-order valence-electron chi connectivity index (χ0n) is 11.3. The standard InChI is InChI=1S/C15H12N4O2/c1-3-7-21-12-6-4-5-10(13(12)20-2)14-18-11-8-16-9-17-15(11)19-14/h1,4-6,8-9H,7H2,2H3,(H,16,17,18,19). The van der Waals surface area contributed by atoms with Gasteiger partial charge in [0.2, 0.25) is 0 Å². The summed E-state index contributed by atoms with van der Waals surface area (Å²) >= 11 is 0. The van der Waals surface area contributed by atoms with Gasteiger partial charge in [0.05, 0.1) is 18.9 Å². The molecule has 0 spiro atoms. The van der Waals surface area contributed by atoms with Crippen LogP contribution in [0.5, 0.6) is 11.5 Å². The smallest absolute Gasteiger partial charge is 0.181 e. The number of nitrogens with zero attached hydrogens (tertiary/aromatic N) is 3. The number of imidazole rings is 1. The molecule has 0 bridgehead atoms. The van der Waals surface area contributed by atoms with Crippen LogP contribution in [0, 0.1) is 12.3 Å². The van der Waals surface area contributed by atoms with Crippen molar-refractivity contribution in [3.05, 3.63) is 30.7 Å². The molecule has 0 unspecified atom stereocenters. The van der Waals surface area contributed by atoms with Crippen molar-refractivity contribution in [3.8, 4) is 35.2 Å². The summed E-state index contributed by atoms with van der Waals surface area (Å²) < 4.78 is 10.9. The Morgan fingerprint density at radius 1 is 1.38 bits per heavy atom. The molecule has 2 aromatic heterocycles. The normalized spacial score (nSPS) is 10.3. The molecule has 0 aliphatic rings.